The first-order chi connectivity index (χ1) is 7.69. The Kier molecular flexibility index (Phi) is 2.97. The van der Waals surface area contributed by atoms with E-state index < -0.39 is 0 Å². The molecule has 1 unspecified atom stereocenters. The normalized spacial score (nSPS) is 19.8. The summed E-state index contributed by atoms with van der Waals surface area (Å²) in [6.07, 6.45) is 1.50. The molecule has 0 saturated carbocycles. The number of rotatable bonds is 2. The molecule has 3 heteroatoms. The lowest BCUT2D eigenvalue weighted by Gasteiger charge is -2.33. The predicted molar refractivity (Wildman–Crippen MR) is 65.6 cm³/mol. The Morgan fingerprint density at radius 3 is 2.88 bits per heavy atom. The van der Waals surface area contributed by atoms with Crippen molar-refractivity contribution >= 4 is 11.6 Å². The van der Waals surface area contributed by atoms with E-state index in [0.717, 1.165) is 12.1 Å². The molecule has 3 nitrogen and oxygen atoms in total. The summed E-state index contributed by atoms with van der Waals surface area (Å²) in [6.45, 7) is 2.12. The molecule has 0 radical (unpaired) electrons. The molecule has 86 valence electrons. The van der Waals surface area contributed by atoms with E-state index in [1.54, 1.807) is 4.90 Å². The number of hydrogen-bond donors (Lipinski definition) is 1. The number of carbonyl (C=O) groups is 1. The second-order valence-corrected chi connectivity index (χ2v) is 4.21. The van der Waals surface area contributed by atoms with Crippen LogP contribution in [0.3, 0.4) is 0 Å². The fraction of sp³-hybridized carbons (Fsp3) is 0.462. The number of nitrogens with zero attached hydrogens (tertiary/aromatic N) is 1. The van der Waals surface area contributed by atoms with Gasteiger partial charge in [-0.15, -0.1) is 0 Å². The SMILES string of the molecule is CCc1cccc2c1N(C)C(=O)CC2NC. The van der Waals surface area contributed by atoms with Crippen LogP contribution in [-0.2, 0) is 11.2 Å². The van der Waals surface area contributed by atoms with E-state index in [1.807, 2.05) is 14.1 Å². The third-order valence-corrected chi connectivity index (χ3v) is 3.34. The molecular formula is C13H18N2O. The molecule has 16 heavy (non-hydrogen) atoms. The van der Waals surface area contributed by atoms with Gasteiger partial charge in [-0.05, 0) is 24.6 Å². The Morgan fingerprint density at radius 2 is 2.25 bits per heavy atom. The summed E-state index contributed by atoms with van der Waals surface area (Å²) in [5.41, 5.74) is 3.58. The number of aryl methyl sites for hydroxylation is 1. The second kappa shape index (κ2) is 4.26. The molecule has 1 atom stereocenters. The van der Waals surface area contributed by atoms with E-state index in [4.69, 9.17) is 0 Å². The van der Waals surface area contributed by atoms with Gasteiger partial charge in [0.05, 0.1) is 5.69 Å². The van der Waals surface area contributed by atoms with Gasteiger partial charge in [0.2, 0.25) is 5.91 Å². The number of fused-ring (bicyclic) bond motifs is 1. The van der Waals surface area contributed by atoms with Gasteiger partial charge in [0.25, 0.3) is 0 Å². The van der Waals surface area contributed by atoms with Crippen LogP contribution in [0.2, 0.25) is 0 Å². The minimum absolute atomic E-state index is 0.158. The van der Waals surface area contributed by atoms with Crippen LogP contribution in [0.4, 0.5) is 5.69 Å². The third kappa shape index (κ3) is 1.61. The van der Waals surface area contributed by atoms with Crippen LogP contribution in [0.15, 0.2) is 18.2 Å². The zero-order valence-corrected chi connectivity index (χ0v) is 10.1. The average Bonchev–Trinajstić information content (AvgIpc) is 2.32. The number of anilines is 1. The van der Waals surface area contributed by atoms with Crippen LogP contribution in [0, 0.1) is 0 Å². The molecular weight excluding hydrogens is 200 g/mol. The summed E-state index contributed by atoms with van der Waals surface area (Å²) in [4.78, 5) is 13.7. The maximum absolute atomic E-state index is 11.9. The summed E-state index contributed by atoms with van der Waals surface area (Å²) in [7, 11) is 3.78. The predicted octanol–water partition coefficient (Wildman–Crippen LogP) is 1.88. The van der Waals surface area contributed by atoms with Crippen molar-refractivity contribution in [3.63, 3.8) is 0 Å². The first-order valence-electron chi connectivity index (χ1n) is 5.74. The molecule has 0 bridgehead atoms. The fourth-order valence-corrected chi connectivity index (χ4v) is 2.39. The van der Waals surface area contributed by atoms with Crippen molar-refractivity contribution in [3.05, 3.63) is 29.3 Å². The number of nitrogens with one attached hydrogen (secondary N) is 1. The van der Waals surface area contributed by atoms with E-state index >= 15 is 0 Å². The lowest BCUT2D eigenvalue weighted by Crippen LogP contribution is -2.37. The Bertz CT molecular complexity index is 414. The highest BCUT2D eigenvalue weighted by Crippen LogP contribution is 2.36. The molecule has 0 aromatic heterocycles. The molecule has 1 heterocycles. The lowest BCUT2D eigenvalue weighted by molar-refractivity contribution is -0.119. The Balaban J connectivity index is 2.58. The van der Waals surface area contributed by atoms with Crippen LogP contribution in [0.25, 0.3) is 0 Å². The highest BCUT2D eigenvalue weighted by atomic mass is 16.2. The molecule has 1 aromatic rings. The molecule has 0 saturated heterocycles. The zero-order valence-electron chi connectivity index (χ0n) is 10.1. The van der Waals surface area contributed by atoms with Crippen molar-refractivity contribution in [3.8, 4) is 0 Å². The van der Waals surface area contributed by atoms with Gasteiger partial charge in [-0.25, -0.2) is 0 Å². The van der Waals surface area contributed by atoms with Crippen molar-refractivity contribution in [1.82, 2.24) is 5.32 Å². The molecule has 1 amide bonds. The second-order valence-electron chi connectivity index (χ2n) is 4.21. The Hall–Kier alpha value is -1.35. The Labute approximate surface area is 96.5 Å². The maximum atomic E-state index is 11.9. The zero-order chi connectivity index (χ0) is 11.7. The smallest absolute Gasteiger partial charge is 0.228 e. The third-order valence-electron chi connectivity index (χ3n) is 3.34. The van der Waals surface area contributed by atoms with Crippen molar-refractivity contribution in [1.29, 1.82) is 0 Å². The van der Waals surface area contributed by atoms with Gasteiger partial charge in [0, 0.05) is 19.5 Å². The summed E-state index contributed by atoms with van der Waals surface area (Å²) in [6, 6.07) is 6.44. The number of para-hydroxylation sites is 1. The number of hydrogen-bond acceptors (Lipinski definition) is 2. The minimum atomic E-state index is 0.158. The number of carbonyl (C=O) groups excluding carboxylic acids is 1. The number of amides is 1. The molecule has 1 aliphatic heterocycles. The summed E-state index contributed by atoms with van der Waals surface area (Å²) >= 11 is 0. The van der Waals surface area contributed by atoms with Crippen molar-refractivity contribution in [2.45, 2.75) is 25.8 Å². The van der Waals surface area contributed by atoms with Gasteiger partial charge in [-0.3, -0.25) is 4.79 Å². The monoisotopic (exact) mass is 218 g/mol. The van der Waals surface area contributed by atoms with Gasteiger partial charge in [0.15, 0.2) is 0 Å². The summed E-state index contributed by atoms with van der Waals surface area (Å²) in [5, 5.41) is 3.21. The average molecular weight is 218 g/mol. The standard InChI is InChI=1S/C13H18N2O/c1-4-9-6-5-7-10-11(14-2)8-12(16)15(3)13(9)10/h5-7,11,14H,4,8H2,1-3H3. The largest absolute Gasteiger partial charge is 0.315 e. The van der Waals surface area contributed by atoms with Crippen molar-refractivity contribution in [2.24, 2.45) is 0 Å². The van der Waals surface area contributed by atoms with Gasteiger partial charge in [0.1, 0.15) is 0 Å². The first-order valence-corrected chi connectivity index (χ1v) is 5.74. The maximum Gasteiger partial charge on any atom is 0.228 e. The van der Waals surface area contributed by atoms with Crippen LogP contribution < -0.4 is 10.2 Å². The molecule has 0 aliphatic carbocycles. The van der Waals surface area contributed by atoms with Crippen LogP contribution >= 0.6 is 0 Å². The van der Waals surface area contributed by atoms with E-state index in [-0.39, 0.29) is 11.9 Å². The molecule has 0 spiro atoms. The van der Waals surface area contributed by atoms with Crippen LogP contribution in [0.5, 0.6) is 0 Å². The molecule has 1 aliphatic rings. The van der Waals surface area contributed by atoms with Crippen LogP contribution in [-0.4, -0.2) is 20.0 Å². The van der Waals surface area contributed by atoms with E-state index in [1.165, 1.54) is 11.1 Å². The van der Waals surface area contributed by atoms with Gasteiger partial charge in [-0.2, -0.15) is 0 Å². The summed E-state index contributed by atoms with van der Waals surface area (Å²) < 4.78 is 0. The first kappa shape index (κ1) is 11.1. The van der Waals surface area contributed by atoms with Crippen molar-refractivity contribution < 1.29 is 4.79 Å². The highest BCUT2D eigenvalue weighted by molar-refractivity contribution is 5.97. The molecule has 1 N–H and O–H groups in total. The fourth-order valence-electron chi connectivity index (χ4n) is 2.39. The lowest BCUT2D eigenvalue weighted by atomic mass is 9.92. The molecule has 0 fully saturated rings. The van der Waals surface area contributed by atoms with E-state index in [0.29, 0.717) is 6.42 Å². The van der Waals surface area contributed by atoms with Gasteiger partial charge >= 0.3 is 0 Å². The summed E-state index contributed by atoms with van der Waals surface area (Å²) in [5.74, 6) is 0.188. The molecule has 2 rings (SSSR count). The Morgan fingerprint density at radius 1 is 1.50 bits per heavy atom. The minimum Gasteiger partial charge on any atom is -0.315 e. The number of benzene rings is 1. The van der Waals surface area contributed by atoms with Crippen LogP contribution in [0.1, 0.15) is 30.5 Å². The highest BCUT2D eigenvalue weighted by Gasteiger charge is 2.29. The quantitative estimate of drug-likeness (QED) is 0.822. The van der Waals surface area contributed by atoms with E-state index in [9.17, 15) is 4.79 Å². The van der Waals surface area contributed by atoms with Gasteiger partial charge < -0.3 is 10.2 Å². The topological polar surface area (TPSA) is 32.3 Å². The molecule has 1 aromatic carbocycles. The van der Waals surface area contributed by atoms with Crippen molar-refractivity contribution in [2.75, 3.05) is 19.0 Å². The van der Waals surface area contributed by atoms with Gasteiger partial charge in [-0.1, -0.05) is 25.1 Å². The van der Waals surface area contributed by atoms with E-state index in [2.05, 4.69) is 30.4 Å².